The smallest absolute Gasteiger partial charge is 0.147 e. The number of benzene rings is 2. The van der Waals surface area contributed by atoms with Crippen molar-refractivity contribution in [2.75, 3.05) is 11.1 Å². The Hall–Kier alpha value is -2.06. The van der Waals surface area contributed by atoms with Crippen LogP contribution in [0.2, 0.25) is 0 Å². The molecule has 0 aliphatic carbocycles. The highest BCUT2D eigenvalue weighted by Crippen LogP contribution is 2.31. The fraction of sp³-hybridized carbons (Fsp3) is 0. The van der Waals surface area contributed by atoms with Gasteiger partial charge in [-0.05, 0) is 40.2 Å². The van der Waals surface area contributed by atoms with Crippen molar-refractivity contribution in [2.24, 2.45) is 0 Å². The maximum atomic E-state index is 13.7. The van der Waals surface area contributed by atoms with Crippen LogP contribution in [0.15, 0.2) is 40.9 Å². The van der Waals surface area contributed by atoms with E-state index in [1.165, 1.54) is 6.07 Å². The molecule has 0 unspecified atom stereocenters. The number of hydrogen-bond acceptors (Lipinski definition) is 3. The number of nitrogens with two attached hydrogens (primary N) is 1. The van der Waals surface area contributed by atoms with Crippen LogP contribution < -0.4 is 11.1 Å². The van der Waals surface area contributed by atoms with E-state index in [9.17, 15) is 4.39 Å². The summed E-state index contributed by atoms with van der Waals surface area (Å²) in [6, 6.07) is 11.6. The van der Waals surface area contributed by atoms with Crippen molar-refractivity contribution in [1.82, 2.24) is 0 Å². The maximum absolute atomic E-state index is 13.7. The molecule has 5 heteroatoms. The van der Waals surface area contributed by atoms with Crippen LogP contribution in [-0.4, -0.2) is 0 Å². The molecule has 0 bridgehead atoms. The molecule has 3 N–H and O–H groups in total. The van der Waals surface area contributed by atoms with Crippen LogP contribution in [0.4, 0.5) is 21.5 Å². The molecule has 0 aliphatic heterocycles. The van der Waals surface area contributed by atoms with Gasteiger partial charge in [0, 0.05) is 4.47 Å². The molecular formula is C13H9BrFN3. The lowest BCUT2D eigenvalue weighted by molar-refractivity contribution is 0.631. The van der Waals surface area contributed by atoms with Crippen molar-refractivity contribution < 1.29 is 4.39 Å². The molecule has 0 atom stereocenters. The Morgan fingerprint density at radius 3 is 2.61 bits per heavy atom. The van der Waals surface area contributed by atoms with E-state index in [0.29, 0.717) is 27.1 Å². The molecule has 0 saturated carbocycles. The molecule has 0 fully saturated rings. The molecule has 90 valence electrons. The average molecular weight is 306 g/mol. The molecular weight excluding hydrogens is 297 g/mol. The van der Waals surface area contributed by atoms with E-state index < -0.39 is 5.82 Å². The molecule has 2 aromatic carbocycles. The van der Waals surface area contributed by atoms with Crippen molar-refractivity contribution in [3.63, 3.8) is 0 Å². The van der Waals surface area contributed by atoms with Gasteiger partial charge in [-0.3, -0.25) is 0 Å². The summed E-state index contributed by atoms with van der Waals surface area (Å²) >= 11 is 3.26. The van der Waals surface area contributed by atoms with E-state index in [1.54, 1.807) is 30.3 Å². The summed E-state index contributed by atoms with van der Waals surface area (Å²) in [4.78, 5) is 0. The van der Waals surface area contributed by atoms with Crippen LogP contribution in [-0.2, 0) is 0 Å². The van der Waals surface area contributed by atoms with E-state index in [4.69, 9.17) is 11.0 Å². The van der Waals surface area contributed by atoms with Crippen molar-refractivity contribution in [2.45, 2.75) is 0 Å². The lowest BCUT2D eigenvalue weighted by Gasteiger charge is -2.12. The van der Waals surface area contributed by atoms with Gasteiger partial charge in [-0.2, -0.15) is 5.26 Å². The van der Waals surface area contributed by atoms with E-state index in [-0.39, 0.29) is 0 Å². The van der Waals surface area contributed by atoms with Crippen LogP contribution in [0, 0.1) is 17.1 Å². The summed E-state index contributed by atoms with van der Waals surface area (Å²) in [7, 11) is 0. The fourth-order valence-electron chi connectivity index (χ4n) is 1.52. The number of para-hydroxylation sites is 2. The quantitative estimate of drug-likeness (QED) is 0.830. The van der Waals surface area contributed by atoms with Crippen LogP contribution >= 0.6 is 15.9 Å². The Labute approximate surface area is 112 Å². The third-order valence-electron chi connectivity index (χ3n) is 2.45. The number of halogens is 2. The van der Waals surface area contributed by atoms with Crippen LogP contribution in [0.25, 0.3) is 0 Å². The summed E-state index contributed by atoms with van der Waals surface area (Å²) in [5.41, 5.74) is 7.27. The number of nitriles is 1. The number of nitrogen functional groups attached to an aromatic ring is 1. The molecule has 3 nitrogen and oxygen atoms in total. The summed E-state index contributed by atoms with van der Waals surface area (Å²) in [6.07, 6.45) is 0. The van der Waals surface area contributed by atoms with Gasteiger partial charge in [0.05, 0.1) is 22.6 Å². The third kappa shape index (κ3) is 2.29. The number of nitrogens with one attached hydrogen (secondary N) is 1. The first-order valence-corrected chi connectivity index (χ1v) is 5.92. The normalized spacial score (nSPS) is 9.83. The molecule has 18 heavy (non-hydrogen) atoms. The average Bonchev–Trinajstić information content (AvgIpc) is 2.36. The SMILES string of the molecule is N#Cc1cccc(Nc2c(F)cccc2Br)c1N. The van der Waals surface area contributed by atoms with Gasteiger partial charge in [0.15, 0.2) is 0 Å². The second-order valence-electron chi connectivity index (χ2n) is 3.60. The Morgan fingerprint density at radius 2 is 1.94 bits per heavy atom. The second kappa shape index (κ2) is 5.07. The molecule has 0 aliphatic rings. The monoisotopic (exact) mass is 305 g/mol. The fourth-order valence-corrected chi connectivity index (χ4v) is 1.96. The molecule has 0 amide bonds. The van der Waals surface area contributed by atoms with E-state index in [0.717, 1.165) is 0 Å². The zero-order valence-corrected chi connectivity index (χ0v) is 10.8. The third-order valence-corrected chi connectivity index (χ3v) is 3.11. The van der Waals surface area contributed by atoms with Crippen LogP contribution in [0.5, 0.6) is 0 Å². The number of rotatable bonds is 2. The van der Waals surface area contributed by atoms with Crippen molar-refractivity contribution in [3.8, 4) is 6.07 Å². The predicted octanol–water partition coefficient (Wildman–Crippen LogP) is 3.79. The van der Waals surface area contributed by atoms with E-state index >= 15 is 0 Å². The highest BCUT2D eigenvalue weighted by molar-refractivity contribution is 9.10. The predicted molar refractivity (Wildman–Crippen MR) is 73.0 cm³/mol. The van der Waals surface area contributed by atoms with Gasteiger partial charge in [-0.1, -0.05) is 12.1 Å². The molecule has 0 saturated heterocycles. The minimum Gasteiger partial charge on any atom is -0.396 e. The second-order valence-corrected chi connectivity index (χ2v) is 4.45. The van der Waals surface area contributed by atoms with Gasteiger partial charge >= 0.3 is 0 Å². The Kier molecular flexibility index (Phi) is 3.49. The van der Waals surface area contributed by atoms with Gasteiger partial charge in [0.2, 0.25) is 0 Å². The van der Waals surface area contributed by atoms with Gasteiger partial charge in [0.1, 0.15) is 11.9 Å². The van der Waals surface area contributed by atoms with Crippen LogP contribution in [0.1, 0.15) is 5.56 Å². The van der Waals surface area contributed by atoms with Gasteiger partial charge in [0.25, 0.3) is 0 Å². The molecule has 0 aromatic heterocycles. The van der Waals surface area contributed by atoms with Gasteiger partial charge < -0.3 is 11.1 Å². The van der Waals surface area contributed by atoms with Gasteiger partial charge in [-0.15, -0.1) is 0 Å². The zero-order chi connectivity index (χ0) is 13.1. The Balaban J connectivity index is 2.44. The van der Waals surface area contributed by atoms with Gasteiger partial charge in [-0.25, -0.2) is 4.39 Å². The number of nitrogens with zero attached hydrogens (tertiary/aromatic N) is 1. The summed E-state index contributed by atoms with van der Waals surface area (Å²) < 4.78 is 14.2. The molecule has 0 spiro atoms. The minimum atomic E-state index is -0.397. The molecule has 0 radical (unpaired) electrons. The topological polar surface area (TPSA) is 61.8 Å². The first-order chi connectivity index (χ1) is 8.63. The standard InChI is InChI=1S/C13H9BrFN3/c14-9-4-2-5-10(15)13(9)18-11-6-1-3-8(7-16)12(11)17/h1-6,18H,17H2. The first-order valence-electron chi connectivity index (χ1n) is 5.13. The minimum absolute atomic E-state index is 0.291. The molecule has 2 aromatic rings. The first kappa shape index (κ1) is 12.4. The highest BCUT2D eigenvalue weighted by Gasteiger charge is 2.10. The highest BCUT2D eigenvalue weighted by atomic mass is 79.9. The largest absolute Gasteiger partial charge is 0.396 e. The summed E-state index contributed by atoms with van der Waals surface area (Å²) in [6.45, 7) is 0. The lowest BCUT2D eigenvalue weighted by atomic mass is 10.1. The van der Waals surface area contributed by atoms with Crippen molar-refractivity contribution in [3.05, 3.63) is 52.3 Å². The van der Waals surface area contributed by atoms with Crippen LogP contribution in [0.3, 0.4) is 0 Å². The maximum Gasteiger partial charge on any atom is 0.147 e. The summed E-state index contributed by atoms with van der Waals surface area (Å²) in [5.74, 6) is -0.397. The van der Waals surface area contributed by atoms with E-state index in [2.05, 4.69) is 21.2 Å². The molecule has 0 heterocycles. The van der Waals surface area contributed by atoms with Crippen molar-refractivity contribution >= 4 is 33.0 Å². The molecule has 2 rings (SSSR count). The lowest BCUT2D eigenvalue weighted by Crippen LogP contribution is -2.00. The zero-order valence-electron chi connectivity index (χ0n) is 9.24. The van der Waals surface area contributed by atoms with E-state index in [1.807, 2.05) is 6.07 Å². The van der Waals surface area contributed by atoms with Crippen molar-refractivity contribution in [1.29, 1.82) is 5.26 Å². The summed E-state index contributed by atoms with van der Waals surface area (Å²) in [5, 5.41) is 11.8. The Morgan fingerprint density at radius 1 is 1.22 bits per heavy atom. The number of hydrogen-bond donors (Lipinski definition) is 2. The number of anilines is 3. The Bertz CT molecular complexity index is 614.